The first kappa shape index (κ1) is 19.6. The number of amides is 1. The van der Waals surface area contributed by atoms with Gasteiger partial charge in [0, 0.05) is 46.2 Å². The normalized spacial score (nSPS) is 16.5. The molecule has 2 aromatic carbocycles. The second kappa shape index (κ2) is 9.16. The number of rotatable bonds is 7. The minimum absolute atomic E-state index is 0.0604. The SMILES string of the molecule is O=C(CSc1cn(Cc2ccc(Br)cc2)c2ccccc12)NCC1CCCO1. The molecule has 0 radical (unpaired) electrons. The van der Waals surface area contributed by atoms with Crippen LogP contribution in [0.5, 0.6) is 0 Å². The zero-order valence-electron chi connectivity index (χ0n) is 15.6. The van der Waals surface area contributed by atoms with Gasteiger partial charge in [-0.25, -0.2) is 0 Å². The lowest BCUT2D eigenvalue weighted by atomic mass is 10.2. The van der Waals surface area contributed by atoms with Crippen LogP contribution in [0, 0.1) is 0 Å². The molecule has 3 aromatic rings. The summed E-state index contributed by atoms with van der Waals surface area (Å²) in [6, 6.07) is 16.8. The number of hydrogen-bond acceptors (Lipinski definition) is 3. The van der Waals surface area contributed by atoms with Gasteiger partial charge in [0.25, 0.3) is 0 Å². The van der Waals surface area contributed by atoms with E-state index in [9.17, 15) is 4.79 Å². The maximum atomic E-state index is 12.2. The molecule has 1 aliphatic heterocycles. The van der Waals surface area contributed by atoms with Gasteiger partial charge in [-0.2, -0.15) is 0 Å². The van der Waals surface area contributed by atoms with E-state index < -0.39 is 0 Å². The number of thioether (sulfide) groups is 1. The van der Waals surface area contributed by atoms with Gasteiger partial charge < -0.3 is 14.6 Å². The van der Waals surface area contributed by atoms with Gasteiger partial charge in [-0.1, -0.05) is 46.3 Å². The van der Waals surface area contributed by atoms with E-state index in [1.807, 2.05) is 6.07 Å². The molecule has 146 valence electrons. The van der Waals surface area contributed by atoms with Crippen molar-refractivity contribution in [3.05, 3.63) is 64.8 Å². The van der Waals surface area contributed by atoms with Crippen molar-refractivity contribution in [3.8, 4) is 0 Å². The zero-order valence-corrected chi connectivity index (χ0v) is 18.0. The van der Waals surface area contributed by atoms with Crippen LogP contribution in [0.4, 0.5) is 0 Å². The van der Waals surface area contributed by atoms with Crippen LogP contribution in [-0.4, -0.2) is 35.5 Å². The van der Waals surface area contributed by atoms with Crippen LogP contribution in [-0.2, 0) is 16.1 Å². The van der Waals surface area contributed by atoms with E-state index in [1.54, 1.807) is 11.8 Å². The molecular weight excluding hydrogens is 436 g/mol. The number of aromatic nitrogens is 1. The summed E-state index contributed by atoms with van der Waals surface area (Å²) < 4.78 is 8.90. The second-order valence-electron chi connectivity index (χ2n) is 6.99. The molecule has 1 atom stereocenters. The van der Waals surface area contributed by atoms with Crippen molar-refractivity contribution >= 4 is 44.5 Å². The number of nitrogens with zero attached hydrogens (tertiary/aromatic N) is 1. The first-order valence-corrected chi connectivity index (χ1v) is 11.3. The van der Waals surface area contributed by atoms with Crippen LogP contribution in [0.25, 0.3) is 10.9 Å². The Labute approximate surface area is 177 Å². The summed E-state index contributed by atoms with van der Waals surface area (Å²) in [5.41, 5.74) is 2.43. The van der Waals surface area contributed by atoms with Crippen LogP contribution >= 0.6 is 27.7 Å². The molecule has 1 saturated heterocycles. The molecule has 0 bridgehead atoms. The average Bonchev–Trinajstić information content (AvgIpc) is 3.35. The quantitative estimate of drug-likeness (QED) is 0.515. The van der Waals surface area contributed by atoms with Crippen molar-refractivity contribution in [2.45, 2.75) is 30.4 Å². The summed E-state index contributed by atoms with van der Waals surface area (Å²) >= 11 is 5.08. The average molecular weight is 459 g/mol. The number of fused-ring (bicyclic) bond motifs is 1. The predicted molar refractivity (Wildman–Crippen MR) is 118 cm³/mol. The predicted octanol–water partition coefficient (Wildman–Crippen LogP) is 4.84. The van der Waals surface area contributed by atoms with E-state index in [0.717, 1.165) is 35.4 Å². The Morgan fingerprint density at radius 2 is 2.04 bits per heavy atom. The fourth-order valence-electron chi connectivity index (χ4n) is 3.47. The smallest absolute Gasteiger partial charge is 0.230 e. The monoisotopic (exact) mass is 458 g/mol. The van der Waals surface area contributed by atoms with Gasteiger partial charge in [0.15, 0.2) is 0 Å². The lowest BCUT2D eigenvalue weighted by Gasteiger charge is -2.10. The third-order valence-corrected chi connectivity index (χ3v) is 6.50. The third-order valence-electron chi connectivity index (χ3n) is 4.93. The van der Waals surface area contributed by atoms with Crippen molar-refractivity contribution in [3.63, 3.8) is 0 Å². The highest BCUT2D eigenvalue weighted by molar-refractivity contribution is 9.10. The minimum Gasteiger partial charge on any atom is -0.376 e. The molecule has 0 saturated carbocycles. The van der Waals surface area contributed by atoms with Crippen molar-refractivity contribution in [1.29, 1.82) is 0 Å². The number of ether oxygens (including phenoxy) is 1. The number of benzene rings is 2. The Hall–Kier alpha value is -1.76. The summed E-state index contributed by atoms with van der Waals surface area (Å²) in [7, 11) is 0. The fourth-order valence-corrected chi connectivity index (χ4v) is 4.66. The number of carbonyl (C=O) groups is 1. The molecule has 4 rings (SSSR count). The lowest BCUT2D eigenvalue weighted by molar-refractivity contribution is -0.119. The van der Waals surface area contributed by atoms with E-state index in [0.29, 0.717) is 12.3 Å². The van der Waals surface area contributed by atoms with Crippen LogP contribution < -0.4 is 5.32 Å². The lowest BCUT2D eigenvalue weighted by Crippen LogP contribution is -2.32. The van der Waals surface area contributed by atoms with E-state index >= 15 is 0 Å². The molecule has 0 spiro atoms. The van der Waals surface area contributed by atoms with Gasteiger partial charge in [-0.15, -0.1) is 11.8 Å². The van der Waals surface area contributed by atoms with Crippen molar-refractivity contribution in [1.82, 2.24) is 9.88 Å². The van der Waals surface area contributed by atoms with Crippen LogP contribution in [0.1, 0.15) is 18.4 Å². The van der Waals surface area contributed by atoms with Crippen molar-refractivity contribution < 1.29 is 9.53 Å². The van der Waals surface area contributed by atoms with E-state index in [2.05, 4.69) is 74.5 Å². The first-order valence-electron chi connectivity index (χ1n) is 9.52. The first-order chi connectivity index (χ1) is 13.7. The molecule has 1 fully saturated rings. The Kier molecular flexibility index (Phi) is 6.40. The van der Waals surface area contributed by atoms with Gasteiger partial charge in [-0.05, 0) is 36.6 Å². The summed E-state index contributed by atoms with van der Waals surface area (Å²) in [5, 5.41) is 4.19. The minimum atomic E-state index is 0.0604. The van der Waals surface area contributed by atoms with Gasteiger partial charge in [0.1, 0.15) is 0 Å². The number of carbonyl (C=O) groups excluding carboxylic acids is 1. The molecule has 1 amide bonds. The zero-order chi connectivity index (χ0) is 19.3. The van der Waals surface area contributed by atoms with E-state index in [-0.39, 0.29) is 12.0 Å². The van der Waals surface area contributed by atoms with Gasteiger partial charge in [0.2, 0.25) is 5.91 Å². The molecule has 1 aromatic heterocycles. The topological polar surface area (TPSA) is 43.3 Å². The highest BCUT2D eigenvalue weighted by Crippen LogP contribution is 2.30. The van der Waals surface area contributed by atoms with E-state index in [1.165, 1.54) is 16.5 Å². The standard InChI is InChI=1S/C22H23BrN2O2S/c23-17-9-7-16(8-10-17)13-25-14-21(19-5-1-2-6-20(19)25)28-15-22(26)24-12-18-4-3-11-27-18/h1-2,5-10,14,18H,3-4,11-13,15H2,(H,24,26). The molecule has 6 heteroatoms. The Morgan fingerprint density at radius 3 is 2.82 bits per heavy atom. The summed E-state index contributed by atoms with van der Waals surface area (Å²) in [5.74, 6) is 0.476. The van der Waals surface area contributed by atoms with Crippen LogP contribution in [0.3, 0.4) is 0 Å². The molecule has 1 N–H and O–H groups in total. The fraction of sp³-hybridized carbons (Fsp3) is 0.318. The highest BCUT2D eigenvalue weighted by atomic mass is 79.9. The van der Waals surface area contributed by atoms with Crippen LogP contribution in [0.15, 0.2) is 64.1 Å². The number of para-hydroxylation sites is 1. The number of nitrogens with one attached hydrogen (secondary N) is 1. The van der Waals surface area contributed by atoms with E-state index in [4.69, 9.17) is 4.74 Å². The van der Waals surface area contributed by atoms with Crippen LogP contribution in [0.2, 0.25) is 0 Å². The van der Waals surface area contributed by atoms with Gasteiger partial charge in [-0.3, -0.25) is 4.79 Å². The summed E-state index contributed by atoms with van der Waals surface area (Å²) in [6.45, 7) is 2.23. The highest BCUT2D eigenvalue weighted by Gasteiger charge is 2.16. The molecule has 28 heavy (non-hydrogen) atoms. The number of halogens is 1. The molecular formula is C22H23BrN2O2S. The summed E-state index contributed by atoms with van der Waals surface area (Å²) in [4.78, 5) is 13.4. The molecule has 0 aliphatic carbocycles. The molecule has 1 unspecified atom stereocenters. The summed E-state index contributed by atoms with van der Waals surface area (Å²) in [6.07, 6.45) is 4.47. The van der Waals surface area contributed by atoms with Gasteiger partial charge >= 0.3 is 0 Å². The Morgan fingerprint density at radius 1 is 1.21 bits per heavy atom. The maximum absolute atomic E-state index is 12.2. The Bertz CT molecular complexity index is 949. The van der Waals surface area contributed by atoms with Gasteiger partial charge in [0.05, 0.1) is 11.9 Å². The van der Waals surface area contributed by atoms with Crippen molar-refractivity contribution in [2.75, 3.05) is 18.9 Å². The maximum Gasteiger partial charge on any atom is 0.230 e. The largest absolute Gasteiger partial charge is 0.376 e. The Balaban J connectivity index is 1.43. The molecule has 2 heterocycles. The molecule has 1 aliphatic rings. The second-order valence-corrected chi connectivity index (χ2v) is 8.93. The van der Waals surface area contributed by atoms with Crippen molar-refractivity contribution in [2.24, 2.45) is 0 Å². The third kappa shape index (κ3) is 4.80. The number of hydrogen-bond donors (Lipinski definition) is 1. The molecule has 4 nitrogen and oxygen atoms in total.